The van der Waals surface area contributed by atoms with Gasteiger partial charge in [0.2, 0.25) is 0 Å². The summed E-state index contributed by atoms with van der Waals surface area (Å²) in [5.41, 5.74) is -0.0706. The van der Waals surface area contributed by atoms with Crippen LogP contribution in [0.4, 0.5) is 0 Å². The van der Waals surface area contributed by atoms with Crippen molar-refractivity contribution < 1.29 is 9.00 Å². The Morgan fingerprint density at radius 1 is 1.20 bits per heavy atom. The third kappa shape index (κ3) is 2.67. The highest BCUT2D eigenvalue weighted by atomic mass is 32.2. The van der Waals surface area contributed by atoms with E-state index in [1.54, 1.807) is 0 Å². The Bertz CT molecular complexity index is 251. The smallest absolute Gasteiger partial charge is 0.127 e. The van der Waals surface area contributed by atoms with Gasteiger partial charge in [-0.1, -0.05) is 12.8 Å². The fourth-order valence-corrected chi connectivity index (χ4v) is 3.80. The summed E-state index contributed by atoms with van der Waals surface area (Å²) in [6, 6.07) is 0. The summed E-state index contributed by atoms with van der Waals surface area (Å²) in [7, 11) is -0.610. The van der Waals surface area contributed by atoms with Crippen LogP contribution in [-0.2, 0) is 15.6 Å². The van der Waals surface area contributed by atoms with Gasteiger partial charge in [0.25, 0.3) is 0 Å². The molecule has 0 bridgehead atoms. The molecule has 1 aliphatic carbocycles. The Kier molecular flexibility index (Phi) is 3.57. The van der Waals surface area contributed by atoms with Crippen molar-refractivity contribution in [2.24, 2.45) is 5.41 Å². The van der Waals surface area contributed by atoms with Gasteiger partial charge in [-0.15, -0.1) is 0 Å². The molecule has 1 saturated heterocycles. The minimum Gasteiger partial charge on any atom is -0.303 e. The second-order valence-corrected chi connectivity index (χ2v) is 6.51. The summed E-state index contributed by atoms with van der Waals surface area (Å²) in [6.45, 7) is 2.71. The third-order valence-corrected chi connectivity index (χ3v) is 4.93. The number of nitrogens with zero attached hydrogens (tertiary/aromatic N) is 1. The Balaban J connectivity index is 1.89. The summed E-state index contributed by atoms with van der Waals surface area (Å²) < 4.78 is 11.2. The van der Waals surface area contributed by atoms with Crippen LogP contribution < -0.4 is 0 Å². The van der Waals surface area contributed by atoms with Crippen molar-refractivity contribution >= 4 is 17.1 Å². The predicted molar refractivity (Wildman–Crippen MR) is 61.3 cm³/mol. The van der Waals surface area contributed by atoms with Crippen LogP contribution >= 0.6 is 0 Å². The van der Waals surface area contributed by atoms with E-state index in [0.717, 1.165) is 44.0 Å². The van der Waals surface area contributed by atoms with Gasteiger partial charge in [-0.2, -0.15) is 0 Å². The van der Waals surface area contributed by atoms with E-state index in [1.165, 1.54) is 19.1 Å². The lowest BCUT2D eigenvalue weighted by molar-refractivity contribution is -0.117. The van der Waals surface area contributed by atoms with Crippen LogP contribution in [0.1, 0.15) is 25.7 Å². The van der Waals surface area contributed by atoms with Crippen LogP contribution in [-0.4, -0.2) is 46.5 Å². The number of hydrogen-bond donors (Lipinski definition) is 0. The normalized spacial score (nSPS) is 28.0. The first-order valence-electron chi connectivity index (χ1n) is 5.78. The van der Waals surface area contributed by atoms with Crippen LogP contribution in [0.2, 0.25) is 0 Å². The van der Waals surface area contributed by atoms with Gasteiger partial charge in [0.05, 0.1) is 0 Å². The minimum absolute atomic E-state index is 0.0706. The van der Waals surface area contributed by atoms with E-state index in [9.17, 15) is 9.00 Å². The van der Waals surface area contributed by atoms with E-state index in [4.69, 9.17) is 0 Å². The van der Waals surface area contributed by atoms with Crippen LogP contribution in [0.3, 0.4) is 0 Å². The molecular formula is C11H19NO2S. The molecule has 1 heterocycles. The monoisotopic (exact) mass is 229 g/mol. The minimum atomic E-state index is -0.610. The standard InChI is InChI=1S/C11H19NO2S/c13-10-11(3-1-2-4-11)9-12-5-7-15(14)8-6-12/h10H,1-9H2. The van der Waals surface area contributed by atoms with Gasteiger partial charge in [-0.05, 0) is 12.8 Å². The van der Waals surface area contributed by atoms with Crippen molar-refractivity contribution in [1.29, 1.82) is 0 Å². The molecule has 4 heteroatoms. The Hall–Kier alpha value is -0.220. The maximum atomic E-state index is 11.2. The average molecular weight is 229 g/mol. The van der Waals surface area contributed by atoms with Crippen molar-refractivity contribution in [3.8, 4) is 0 Å². The molecule has 0 spiro atoms. The molecule has 0 N–H and O–H groups in total. The highest BCUT2D eigenvalue weighted by Gasteiger charge is 2.35. The van der Waals surface area contributed by atoms with Gasteiger partial charge in [-0.3, -0.25) is 4.21 Å². The van der Waals surface area contributed by atoms with Gasteiger partial charge >= 0.3 is 0 Å². The Morgan fingerprint density at radius 3 is 2.33 bits per heavy atom. The number of carbonyl (C=O) groups excluding carboxylic acids is 1. The molecule has 2 rings (SSSR count). The van der Waals surface area contributed by atoms with E-state index in [0.29, 0.717) is 0 Å². The molecule has 0 aromatic rings. The first-order valence-corrected chi connectivity index (χ1v) is 7.27. The van der Waals surface area contributed by atoms with E-state index >= 15 is 0 Å². The highest BCUT2D eigenvalue weighted by Crippen LogP contribution is 2.36. The van der Waals surface area contributed by atoms with E-state index < -0.39 is 10.8 Å². The fourth-order valence-electron chi connectivity index (χ4n) is 2.67. The van der Waals surface area contributed by atoms with Gasteiger partial charge in [0, 0.05) is 47.4 Å². The third-order valence-electron chi connectivity index (χ3n) is 3.66. The Morgan fingerprint density at radius 2 is 1.80 bits per heavy atom. The maximum Gasteiger partial charge on any atom is 0.127 e. The van der Waals surface area contributed by atoms with Crippen LogP contribution in [0.15, 0.2) is 0 Å². The largest absolute Gasteiger partial charge is 0.303 e. The summed E-state index contributed by atoms with van der Waals surface area (Å²) >= 11 is 0. The van der Waals surface area contributed by atoms with Crippen LogP contribution in [0, 0.1) is 5.41 Å². The Labute approximate surface area is 93.7 Å². The van der Waals surface area contributed by atoms with Crippen LogP contribution in [0.5, 0.6) is 0 Å². The molecule has 2 fully saturated rings. The van der Waals surface area contributed by atoms with Gasteiger partial charge in [-0.25, -0.2) is 0 Å². The quantitative estimate of drug-likeness (QED) is 0.672. The van der Waals surface area contributed by atoms with Gasteiger partial charge in [0.15, 0.2) is 0 Å². The average Bonchev–Trinajstić information content (AvgIpc) is 2.71. The number of hydrogen-bond acceptors (Lipinski definition) is 3. The zero-order valence-corrected chi connectivity index (χ0v) is 9.93. The van der Waals surface area contributed by atoms with Crippen molar-refractivity contribution in [3.63, 3.8) is 0 Å². The zero-order valence-electron chi connectivity index (χ0n) is 9.11. The predicted octanol–water partition coefficient (Wildman–Crippen LogP) is 0.810. The molecule has 0 aromatic heterocycles. The van der Waals surface area contributed by atoms with Gasteiger partial charge in [0.1, 0.15) is 6.29 Å². The highest BCUT2D eigenvalue weighted by molar-refractivity contribution is 7.85. The molecular weight excluding hydrogens is 210 g/mol. The molecule has 0 radical (unpaired) electrons. The maximum absolute atomic E-state index is 11.2. The van der Waals surface area contributed by atoms with E-state index in [-0.39, 0.29) is 5.41 Å². The second kappa shape index (κ2) is 4.74. The molecule has 0 amide bonds. The molecule has 86 valence electrons. The van der Waals surface area contributed by atoms with Crippen molar-refractivity contribution in [2.75, 3.05) is 31.1 Å². The van der Waals surface area contributed by atoms with Gasteiger partial charge < -0.3 is 9.69 Å². The molecule has 0 aromatic carbocycles. The lowest BCUT2D eigenvalue weighted by atomic mass is 9.87. The molecule has 15 heavy (non-hydrogen) atoms. The summed E-state index contributed by atoms with van der Waals surface area (Å²) in [4.78, 5) is 13.5. The molecule has 2 aliphatic rings. The summed E-state index contributed by atoms with van der Waals surface area (Å²) in [5.74, 6) is 1.57. The number of carbonyl (C=O) groups is 1. The van der Waals surface area contributed by atoms with E-state index in [1.807, 2.05) is 0 Å². The topological polar surface area (TPSA) is 37.4 Å². The lowest BCUT2D eigenvalue weighted by Gasteiger charge is -2.33. The second-order valence-electron chi connectivity index (χ2n) is 4.81. The van der Waals surface area contributed by atoms with Crippen molar-refractivity contribution in [3.05, 3.63) is 0 Å². The molecule has 3 nitrogen and oxygen atoms in total. The first-order chi connectivity index (χ1) is 7.24. The molecule has 1 aliphatic heterocycles. The van der Waals surface area contributed by atoms with Crippen molar-refractivity contribution in [1.82, 2.24) is 4.90 Å². The van der Waals surface area contributed by atoms with Crippen LogP contribution in [0.25, 0.3) is 0 Å². The SMILES string of the molecule is O=CC1(CN2CCS(=O)CC2)CCCC1. The lowest BCUT2D eigenvalue weighted by Crippen LogP contribution is -2.44. The zero-order chi connectivity index (χ0) is 10.7. The van der Waals surface area contributed by atoms with Crippen molar-refractivity contribution in [2.45, 2.75) is 25.7 Å². The molecule has 1 saturated carbocycles. The number of rotatable bonds is 3. The summed E-state index contributed by atoms with van der Waals surface area (Å²) in [5, 5.41) is 0. The summed E-state index contributed by atoms with van der Waals surface area (Å²) in [6.07, 6.45) is 5.66. The fraction of sp³-hybridized carbons (Fsp3) is 0.909. The molecule has 0 atom stereocenters. The van der Waals surface area contributed by atoms with E-state index in [2.05, 4.69) is 4.90 Å². The molecule has 0 unspecified atom stereocenters. The number of aldehydes is 1. The first kappa shape index (κ1) is 11.3.